The van der Waals surface area contributed by atoms with Crippen molar-refractivity contribution in [3.63, 3.8) is 0 Å². The molecule has 24 heavy (non-hydrogen) atoms. The van der Waals surface area contributed by atoms with E-state index in [0.717, 1.165) is 45.2 Å². The van der Waals surface area contributed by atoms with E-state index < -0.39 is 9.84 Å². The smallest absolute Gasteiger partial charge is 0.193 e. The van der Waals surface area contributed by atoms with Gasteiger partial charge in [0, 0.05) is 52.3 Å². The van der Waals surface area contributed by atoms with Crippen LogP contribution in [0, 0.1) is 5.92 Å². The topological polar surface area (TPSA) is 74.2 Å². The molecule has 2 saturated heterocycles. The van der Waals surface area contributed by atoms with Gasteiger partial charge in [0.1, 0.15) is 0 Å². The summed E-state index contributed by atoms with van der Waals surface area (Å²) < 4.78 is 28.1. The monoisotopic (exact) mass is 474 g/mol. The minimum absolute atomic E-state index is 0. The third-order valence-corrected chi connectivity index (χ3v) is 6.05. The number of sulfone groups is 1. The van der Waals surface area contributed by atoms with Crippen molar-refractivity contribution in [3.8, 4) is 0 Å². The fourth-order valence-electron chi connectivity index (χ4n) is 3.09. The van der Waals surface area contributed by atoms with Crippen molar-refractivity contribution in [2.45, 2.75) is 13.3 Å². The summed E-state index contributed by atoms with van der Waals surface area (Å²) in [5.74, 6) is 2.11. The second-order valence-electron chi connectivity index (χ2n) is 6.29. The summed E-state index contributed by atoms with van der Waals surface area (Å²) in [6, 6.07) is 0. The average molecular weight is 474 g/mol. The van der Waals surface area contributed by atoms with E-state index in [9.17, 15) is 8.42 Å². The second-order valence-corrected chi connectivity index (χ2v) is 8.59. The lowest BCUT2D eigenvalue weighted by Crippen LogP contribution is -2.43. The highest BCUT2D eigenvalue weighted by Crippen LogP contribution is 2.16. The number of guanidine groups is 1. The molecule has 2 aliphatic heterocycles. The van der Waals surface area contributed by atoms with Crippen molar-refractivity contribution in [1.82, 2.24) is 15.1 Å². The third-order valence-electron chi connectivity index (χ3n) is 4.44. The first-order valence-electron chi connectivity index (χ1n) is 8.49. The lowest BCUT2D eigenvalue weighted by Gasteiger charge is -2.26. The molecule has 0 aromatic carbocycles. The predicted molar refractivity (Wildman–Crippen MR) is 108 cm³/mol. The quantitative estimate of drug-likeness (QED) is 0.339. The Labute approximate surface area is 163 Å². The van der Waals surface area contributed by atoms with E-state index in [1.807, 2.05) is 0 Å². The number of hydrogen-bond acceptors (Lipinski definition) is 5. The maximum absolute atomic E-state index is 11.4. The van der Waals surface area contributed by atoms with E-state index in [1.54, 1.807) is 7.11 Å². The summed E-state index contributed by atoms with van der Waals surface area (Å²) in [6.07, 6.45) is 1.14. The van der Waals surface area contributed by atoms with Gasteiger partial charge in [-0.1, -0.05) is 0 Å². The molecule has 2 fully saturated rings. The van der Waals surface area contributed by atoms with Crippen LogP contribution in [0.15, 0.2) is 4.99 Å². The zero-order valence-corrected chi connectivity index (χ0v) is 17.9. The van der Waals surface area contributed by atoms with Gasteiger partial charge in [0.25, 0.3) is 0 Å². The summed E-state index contributed by atoms with van der Waals surface area (Å²) >= 11 is 0. The Hall–Kier alpha value is -0.130. The number of nitrogens with one attached hydrogen (secondary N) is 1. The Bertz CT molecular complexity index is 487. The zero-order chi connectivity index (χ0) is 16.7. The Balaban J connectivity index is 0.00000288. The first kappa shape index (κ1) is 21.9. The highest BCUT2D eigenvalue weighted by atomic mass is 127. The Morgan fingerprint density at radius 1 is 1.29 bits per heavy atom. The molecular weight excluding hydrogens is 443 g/mol. The number of hydrogen-bond donors (Lipinski definition) is 1. The molecule has 9 heteroatoms. The van der Waals surface area contributed by atoms with Crippen molar-refractivity contribution in [1.29, 1.82) is 0 Å². The van der Waals surface area contributed by atoms with E-state index in [0.29, 0.717) is 25.6 Å². The predicted octanol–water partition coefficient (Wildman–Crippen LogP) is 0.269. The first-order chi connectivity index (χ1) is 11.0. The maximum Gasteiger partial charge on any atom is 0.193 e. The lowest BCUT2D eigenvalue weighted by molar-refractivity contribution is 0.157. The summed E-state index contributed by atoms with van der Waals surface area (Å²) in [5, 5.41) is 3.36. The molecule has 0 aliphatic carbocycles. The Kier molecular flexibility index (Phi) is 9.83. The number of aliphatic imine (C=N–C) groups is 1. The minimum Gasteiger partial charge on any atom is -0.384 e. The van der Waals surface area contributed by atoms with Gasteiger partial charge in [-0.2, -0.15) is 0 Å². The van der Waals surface area contributed by atoms with E-state index in [-0.39, 0.29) is 35.5 Å². The molecule has 2 aliphatic rings. The van der Waals surface area contributed by atoms with Gasteiger partial charge in [0.2, 0.25) is 0 Å². The second kappa shape index (κ2) is 10.8. The zero-order valence-electron chi connectivity index (χ0n) is 14.7. The molecule has 0 aromatic rings. The molecule has 7 nitrogen and oxygen atoms in total. The molecule has 0 bridgehead atoms. The highest BCUT2D eigenvalue weighted by Gasteiger charge is 2.25. The van der Waals surface area contributed by atoms with Gasteiger partial charge in [0.05, 0.1) is 24.7 Å². The molecule has 0 aromatic heterocycles. The Morgan fingerprint density at radius 3 is 2.62 bits per heavy atom. The van der Waals surface area contributed by atoms with Crippen LogP contribution < -0.4 is 5.32 Å². The number of ether oxygens (including phenoxy) is 1. The first-order valence-corrected chi connectivity index (χ1v) is 10.3. The lowest BCUT2D eigenvalue weighted by atomic mass is 10.1. The Morgan fingerprint density at radius 2 is 2.00 bits per heavy atom. The van der Waals surface area contributed by atoms with Gasteiger partial charge < -0.3 is 15.0 Å². The van der Waals surface area contributed by atoms with Gasteiger partial charge in [-0.3, -0.25) is 9.89 Å². The summed E-state index contributed by atoms with van der Waals surface area (Å²) in [4.78, 5) is 9.21. The number of nitrogens with zero attached hydrogens (tertiary/aromatic N) is 3. The largest absolute Gasteiger partial charge is 0.384 e. The van der Waals surface area contributed by atoms with Crippen molar-refractivity contribution < 1.29 is 13.2 Å². The summed E-state index contributed by atoms with van der Waals surface area (Å²) in [7, 11) is -1.05. The number of methoxy groups -OCH3 is 1. The van der Waals surface area contributed by atoms with Gasteiger partial charge in [-0.15, -0.1) is 24.0 Å². The van der Waals surface area contributed by atoms with Crippen molar-refractivity contribution in [3.05, 3.63) is 0 Å². The molecule has 1 N–H and O–H groups in total. The van der Waals surface area contributed by atoms with Gasteiger partial charge >= 0.3 is 0 Å². The molecule has 2 heterocycles. The molecule has 2 rings (SSSR count). The van der Waals surface area contributed by atoms with E-state index in [1.165, 1.54) is 0 Å². The molecule has 0 spiro atoms. The average Bonchev–Trinajstić information content (AvgIpc) is 2.97. The minimum atomic E-state index is -2.80. The van der Waals surface area contributed by atoms with Crippen LogP contribution in [-0.4, -0.2) is 95.2 Å². The fourth-order valence-corrected chi connectivity index (χ4v) is 4.37. The number of likely N-dealkylation sites (tertiary alicyclic amines) is 1. The fraction of sp³-hybridized carbons (Fsp3) is 0.933. The third kappa shape index (κ3) is 7.01. The van der Waals surface area contributed by atoms with Crippen LogP contribution in [0.2, 0.25) is 0 Å². The number of rotatable bonds is 6. The summed E-state index contributed by atoms with van der Waals surface area (Å²) in [6.45, 7) is 8.52. The van der Waals surface area contributed by atoms with Crippen molar-refractivity contribution in [2.75, 3.05) is 71.0 Å². The van der Waals surface area contributed by atoms with E-state index >= 15 is 0 Å². The standard InChI is InChI=1S/C15H30N4O3S.HI/c1-3-16-15(19-6-4-14(12-19)13-22-2)17-5-7-18-8-10-23(20,21)11-9-18;/h14H,3-13H2,1-2H3,(H,16,17);1H. The molecule has 0 radical (unpaired) electrons. The normalized spacial score (nSPS) is 24.7. The van der Waals surface area contributed by atoms with Gasteiger partial charge in [-0.05, 0) is 13.3 Å². The van der Waals surface area contributed by atoms with Gasteiger partial charge in [-0.25, -0.2) is 8.42 Å². The maximum atomic E-state index is 11.4. The SMILES string of the molecule is CCNC(=NCCN1CCS(=O)(=O)CC1)N1CCC(COC)C1.I. The van der Waals surface area contributed by atoms with Crippen LogP contribution in [0.3, 0.4) is 0 Å². The van der Waals surface area contributed by atoms with Crippen molar-refractivity contribution in [2.24, 2.45) is 10.9 Å². The van der Waals surface area contributed by atoms with Crippen LogP contribution >= 0.6 is 24.0 Å². The van der Waals surface area contributed by atoms with Crippen LogP contribution in [0.1, 0.15) is 13.3 Å². The van der Waals surface area contributed by atoms with Crippen LogP contribution in [0.4, 0.5) is 0 Å². The molecular formula is C15H31IN4O3S. The summed E-state index contributed by atoms with van der Waals surface area (Å²) in [5.41, 5.74) is 0. The highest BCUT2D eigenvalue weighted by molar-refractivity contribution is 14.0. The molecule has 0 saturated carbocycles. The van der Waals surface area contributed by atoms with Crippen molar-refractivity contribution >= 4 is 39.8 Å². The molecule has 1 atom stereocenters. The molecule has 142 valence electrons. The van der Waals surface area contributed by atoms with Crippen LogP contribution in [0.5, 0.6) is 0 Å². The molecule has 1 unspecified atom stereocenters. The number of halogens is 1. The van der Waals surface area contributed by atoms with E-state index in [4.69, 9.17) is 9.73 Å². The van der Waals surface area contributed by atoms with E-state index in [2.05, 4.69) is 22.0 Å². The van der Waals surface area contributed by atoms with Gasteiger partial charge in [0.15, 0.2) is 15.8 Å². The van der Waals surface area contributed by atoms with Crippen LogP contribution in [0.25, 0.3) is 0 Å². The van der Waals surface area contributed by atoms with Crippen LogP contribution in [-0.2, 0) is 14.6 Å². The molecule has 0 amide bonds.